The Bertz CT molecular complexity index is 669. The maximum absolute atomic E-state index is 12.5. The van der Waals surface area contributed by atoms with Crippen LogP contribution < -0.4 is 11.1 Å². The molecule has 8 heteroatoms. The highest BCUT2D eigenvalue weighted by Crippen LogP contribution is 2.15. The van der Waals surface area contributed by atoms with E-state index in [0.29, 0.717) is 22.0 Å². The lowest BCUT2D eigenvalue weighted by molar-refractivity contribution is 0.153. The first-order valence-electron chi connectivity index (χ1n) is 6.37. The van der Waals surface area contributed by atoms with Crippen molar-refractivity contribution in [2.45, 2.75) is 18.3 Å². The van der Waals surface area contributed by atoms with E-state index in [4.69, 9.17) is 10.5 Å². The van der Waals surface area contributed by atoms with Crippen molar-refractivity contribution in [1.29, 1.82) is 0 Å². The van der Waals surface area contributed by atoms with Gasteiger partial charge in [0.2, 0.25) is 5.95 Å². The zero-order valence-corrected chi connectivity index (χ0v) is 12.7. The van der Waals surface area contributed by atoms with Gasteiger partial charge in [-0.25, -0.2) is 19.2 Å². The van der Waals surface area contributed by atoms with Crippen molar-refractivity contribution in [3.8, 4) is 0 Å². The third kappa shape index (κ3) is 4.59. The highest BCUT2D eigenvalue weighted by Gasteiger charge is 2.07. The molecule has 0 bridgehead atoms. The molecule has 0 fully saturated rings. The molecule has 0 aliphatic carbocycles. The van der Waals surface area contributed by atoms with Gasteiger partial charge < -0.3 is 10.5 Å². The molecule has 0 aliphatic rings. The van der Waals surface area contributed by atoms with Crippen LogP contribution in [-0.4, -0.2) is 22.3 Å². The van der Waals surface area contributed by atoms with E-state index in [-0.39, 0.29) is 12.6 Å². The Morgan fingerprint density at radius 1 is 1.41 bits per heavy atom. The summed E-state index contributed by atoms with van der Waals surface area (Å²) in [6.45, 7) is -0.628. The molecule has 2 aromatic rings. The number of carbonyl (C=O) groups excluding carboxylic acids is 1. The van der Waals surface area contributed by atoms with Crippen molar-refractivity contribution in [2.24, 2.45) is 0 Å². The summed E-state index contributed by atoms with van der Waals surface area (Å²) in [5.74, 6) is 0.126. The van der Waals surface area contributed by atoms with Gasteiger partial charge in [-0.3, -0.25) is 5.32 Å². The molecule has 0 unspecified atom stereocenters. The van der Waals surface area contributed by atoms with Crippen molar-refractivity contribution in [3.05, 3.63) is 41.6 Å². The summed E-state index contributed by atoms with van der Waals surface area (Å²) >= 11 is 1.42. The summed E-state index contributed by atoms with van der Waals surface area (Å²) in [5, 5.41) is 3.22. The van der Waals surface area contributed by atoms with Crippen LogP contribution >= 0.6 is 11.8 Å². The molecule has 1 aromatic heterocycles. The predicted octanol–water partition coefficient (Wildman–Crippen LogP) is 3.00. The molecule has 0 saturated carbocycles. The summed E-state index contributed by atoms with van der Waals surface area (Å²) < 4.78 is 17.6. The molecular weight excluding hydrogens is 307 g/mol. The number of nitrogen functional groups attached to an aromatic ring is 1. The number of alkyl halides is 1. The molecule has 2 rings (SSSR count). The molecule has 0 saturated heterocycles. The van der Waals surface area contributed by atoms with Gasteiger partial charge in [-0.2, -0.15) is 0 Å². The first-order valence-corrected chi connectivity index (χ1v) is 7.59. The minimum atomic E-state index is -0.654. The van der Waals surface area contributed by atoms with Gasteiger partial charge in [0.15, 0.2) is 0 Å². The smallest absolute Gasteiger partial charge is 0.412 e. The number of ether oxygens (including phenoxy) is 1. The zero-order chi connectivity index (χ0) is 15.9. The van der Waals surface area contributed by atoms with Crippen molar-refractivity contribution in [2.75, 3.05) is 17.3 Å². The number of halogens is 1. The monoisotopic (exact) mass is 322 g/mol. The Kier molecular flexibility index (Phi) is 5.54. The molecule has 3 N–H and O–H groups in total. The number of nitrogens with one attached hydrogen (secondary N) is 1. The Labute approximate surface area is 131 Å². The lowest BCUT2D eigenvalue weighted by Gasteiger charge is -2.08. The topological polar surface area (TPSA) is 90.1 Å². The number of carbonyl (C=O) groups is 1. The maximum atomic E-state index is 12.5. The largest absolute Gasteiger partial charge is 0.443 e. The van der Waals surface area contributed by atoms with E-state index in [1.54, 1.807) is 24.3 Å². The molecule has 1 heterocycles. The first-order chi connectivity index (χ1) is 10.6. The molecule has 6 nitrogen and oxygen atoms in total. The number of thioether (sulfide) groups is 1. The maximum Gasteiger partial charge on any atom is 0.412 e. The van der Waals surface area contributed by atoms with E-state index in [1.165, 1.54) is 17.8 Å². The van der Waals surface area contributed by atoms with Crippen molar-refractivity contribution >= 4 is 29.5 Å². The van der Waals surface area contributed by atoms with Crippen LogP contribution in [0, 0.1) is 0 Å². The molecule has 0 radical (unpaired) electrons. The molecule has 1 aromatic carbocycles. The van der Waals surface area contributed by atoms with Crippen molar-refractivity contribution in [3.63, 3.8) is 0 Å². The normalized spacial score (nSPS) is 10.3. The lowest BCUT2D eigenvalue weighted by atomic mass is 10.2. The minimum absolute atomic E-state index is 0.0328. The molecule has 22 heavy (non-hydrogen) atoms. The van der Waals surface area contributed by atoms with Gasteiger partial charge in [0, 0.05) is 5.69 Å². The molecule has 0 spiro atoms. The molecule has 1 amide bonds. The van der Waals surface area contributed by atoms with Gasteiger partial charge in [-0.1, -0.05) is 12.1 Å². The predicted molar refractivity (Wildman–Crippen MR) is 83.3 cm³/mol. The van der Waals surface area contributed by atoms with E-state index < -0.39 is 12.8 Å². The van der Waals surface area contributed by atoms with Crippen LogP contribution in [-0.2, 0) is 18.0 Å². The third-order valence-corrected chi connectivity index (χ3v) is 3.29. The second-order valence-corrected chi connectivity index (χ2v) is 5.12. The summed E-state index contributed by atoms with van der Waals surface area (Å²) in [4.78, 5) is 19.7. The van der Waals surface area contributed by atoms with E-state index in [0.717, 1.165) is 0 Å². The number of hydrogen-bond acceptors (Lipinski definition) is 6. The summed E-state index contributed by atoms with van der Waals surface area (Å²) in [7, 11) is 0. The van der Waals surface area contributed by atoms with Gasteiger partial charge in [0.05, 0.1) is 5.69 Å². The number of nitrogens with two attached hydrogens (primary N) is 1. The number of aromatic nitrogens is 2. The fourth-order valence-corrected chi connectivity index (χ4v) is 2.13. The summed E-state index contributed by atoms with van der Waals surface area (Å²) in [6, 6.07) is 8.16. The van der Waals surface area contributed by atoms with E-state index in [9.17, 15) is 9.18 Å². The average molecular weight is 322 g/mol. The van der Waals surface area contributed by atoms with Gasteiger partial charge in [0.25, 0.3) is 0 Å². The SMILES string of the molecule is CSc1cc(COC(=O)Nc2cccc(CF)c2)nc(N)n1. The first kappa shape index (κ1) is 16.0. The summed E-state index contributed by atoms with van der Waals surface area (Å²) in [5.41, 5.74) is 7.02. The number of hydrogen-bond donors (Lipinski definition) is 2. The Morgan fingerprint density at radius 3 is 2.95 bits per heavy atom. The van der Waals surface area contributed by atoms with Crippen molar-refractivity contribution < 1.29 is 13.9 Å². The van der Waals surface area contributed by atoms with Gasteiger partial charge in [0.1, 0.15) is 18.3 Å². The van der Waals surface area contributed by atoms with Crippen LogP contribution in [0.3, 0.4) is 0 Å². The van der Waals surface area contributed by atoms with Gasteiger partial charge in [-0.15, -0.1) is 11.8 Å². The van der Waals surface area contributed by atoms with E-state index in [2.05, 4.69) is 15.3 Å². The number of nitrogens with zero attached hydrogens (tertiary/aromatic N) is 2. The number of anilines is 2. The molecule has 0 aliphatic heterocycles. The lowest BCUT2D eigenvalue weighted by Crippen LogP contribution is -2.14. The Morgan fingerprint density at radius 2 is 2.23 bits per heavy atom. The second kappa shape index (κ2) is 7.60. The van der Waals surface area contributed by atoms with Crippen LogP contribution in [0.2, 0.25) is 0 Å². The van der Waals surface area contributed by atoms with Crippen LogP contribution in [0.5, 0.6) is 0 Å². The fourth-order valence-electron chi connectivity index (χ4n) is 1.70. The number of amides is 1. The van der Waals surface area contributed by atoms with Crippen LogP contribution in [0.4, 0.5) is 20.8 Å². The fraction of sp³-hybridized carbons (Fsp3) is 0.214. The standard InChI is InChI=1S/C14H15FN4O2S/c1-22-12-6-11(17-13(16)19-12)8-21-14(20)18-10-4-2-3-9(5-10)7-15/h2-6H,7-8H2,1H3,(H,18,20)(H2,16,17,19). The zero-order valence-electron chi connectivity index (χ0n) is 11.9. The van der Waals surface area contributed by atoms with Gasteiger partial charge >= 0.3 is 6.09 Å². The Hall–Kier alpha value is -2.35. The van der Waals surface area contributed by atoms with E-state index in [1.807, 2.05) is 6.26 Å². The highest BCUT2D eigenvalue weighted by molar-refractivity contribution is 7.98. The van der Waals surface area contributed by atoms with Crippen LogP contribution in [0.25, 0.3) is 0 Å². The van der Waals surface area contributed by atoms with Crippen LogP contribution in [0.15, 0.2) is 35.4 Å². The molecule has 0 atom stereocenters. The average Bonchev–Trinajstić information content (AvgIpc) is 2.52. The van der Waals surface area contributed by atoms with E-state index >= 15 is 0 Å². The number of benzene rings is 1. The third-order valence-electron chi connectivity index (χ3n) is 2.66. The second-order valence-electron chi connectivity index (χ2n) is 4.29. The quantitative estimate of drug-likeness (QED) is 0.649. The number of rotatable bonds is 5. The van der Waals surface area contributed by atoms with Gasteiger partial charge in [-0.05, 0) is 30.0 Å². The Balaban J connectivity index is 1.93. The molecule has 116 valence electrons. The summed E-state index contributed by atoms with van der Waals surface area (Å²) in [6.07, 6.45) is 1.20. The minimum Gasteiger partial charge on any atom is -0.443 e. The van der Waals surface area contributed by atoms with Crippen molar-refractivity contribution in [1.82, 2.24) is 9.97 Å². The molecular formula is C14H15FN4O2S. The van der Waals surface area contributed by atoms with Crippen LogP contribution in [0.1, 0.15) is 11.3 Å². The highest BCUT2D eigenvalue weighted by atomic mass is 32.2.